The third kappa shape index (κ3) is 2.29. The van der Waals surface area contributed by atoms with Gasteiger partial charge in [-0.15, -0.1) is 0 Å². The van der Waals surface area contributed by atoms with Crippen LogP contribution in [0.5, 0.6) is 0 Å². The van der Waals surface area contributed by atoms with Crippen molar-refractivity contribution in [2.45, 2.75) is 38.1 Å². The molecule has 1 atom stereocenters. The zero-order valence-electron chi connectivity index (χ0n) is 12.9. The molecule has 5 nitrogen and oxygen atoms in total. The van der Waals surface area contributed by atoms with Gasteiger partial charge in [0.1, 0.15) is 12.1 Å². The molecular formula is C17H22N2O3. The topological polar surface area (TPSA) is 60.9 Å². The molecule has 2 heterocycles. The zero-order valence-corrected chi connectivity index (χ0v) is 12.9. The summed E-state index contributed by atoms with van der Waals surface area (Å²) in [5, 5.41) is 9.19. The Morgan fingerprint density at radius 3 is 2.45 bits per heavy atom. The maximum atomic E-state index is 13.1. The number of hydrogen-bond donors (Lipinski definition) is 1. The predicted molar refractivity (Wildman–Crippen MR) is 83.5 cm³/mol. The summed E-state index contributed by atoms with van der Waals surface area (Å²) in [6, 6.07) is 7.91. The molecule has 2 fully saturated rings. The standard InChI is InChI=1S/C17H22N2O3/c1-13-4-6-14(7-5-13)18-10-2-8-17(16(18)22)9-3-11-19(17)15(21)12-20/h4-7,20H,2-3,8-12H2,1H3. The summed E-state index contributed by atoms with van der Waals surface area (Å²) in [6.45, 7) is 2.74. The van der Waals surface area contributed by atoms with E-state index in [0.717, 1.165) is 24.1 Å². The molecule has 1 aromatic rings. The molecule has 2 amide bonds. The highest BCUT2D eigenvalue weighted by Gasteiger charge is 2.52. The molecule has 0 aliphatic carbocycles. The second kappa shape index (κ2) is 5.72. The Morgan fingerprint density at radius 2 is 1.82 bits per heavy atom. The van der Waals surface area contributed by atoms with Gasteiger partial charge in [-0.05, 0) is 44.7 Å². The Bertz CT molecular complexity index is 584. The smallest absolute Gasteiger partial charge is 0.252 e. The summed E-state index contributed by atoms with van der Waals surface area (Å²) in [5.74, 6) is -0.335. The lowest BCUT2D eigenvalue weighted by Crippen LogP contribution is -2.62. The number of nitrogens with zero attached hydrogens (tertiary/aromatic N) is 2. The van der Waals surface area contributed by atoms with E-state index in [1.807, 2.05) is 31.2 Å². The SMILES string of the molecule is Cc1ccc(N2CCCC3(CCCN3C(=O)CO)C2=O)cc1. The first kappa shape index (κ1) is 15.0. The van der Waals surface area contributed by atoms with Gasteiger partial charge < -0.3 is 14.9 Å². The van der Waals surface area contributed by atoms with Gasteiger partial charge >= 0.3 is 0 Å². The van der Waals surface area contributed by atoms with Gasteiger partial charge in [-0.3, -0.25) is 9.59 Å². The second-order valence-electron chi connectivity index (χ2n) is 6.23. The lowest BCUT2D eigenvalue weighted by Gasteiger charge is -2.44. The number of piperidine rings is 1. The van der Waals surface area contributed by atoms with Crippen LogP contribution in [0, 0.1) is 6.92 Å². The predicted octanol–water partition coefficient (Wildman–Crippen LogP) is 1.48. The molecule has 1 spiro atoms. The number of amides is 2. The Morgan fingerprint density at radius 1 is 1.18 bits per heavy atom. The number of benzene rings is 1. The first-order valence-corrected chi connectivity index (χ1v) is 7.88. The maximum Gasteiger partial charge on any atom is 0.252 e. The highest BCUT2D eigenvalue weighted by Crippen LogP contribution is 2.39. The highest BCUT2D eigenvalue weighted by atomic mass is 16.3. The number of aliphatic hydroxyl groups is 1. The maximum absolute atomic E-state index is 13.1. The van der Waals surface area contributed by atoms with E-state index in [0.29, 0.717) is 25.9 Å². The molecule has 2 saturated heterocycles. The van der Waals surface area contributed by atoms with Gasteiger partial charge in [-0.1, -0.05) is 17.7 Å². The van der Waals surface area contributed by atoms with Crippen LogP contribution in [0.1, 0.15) is 31.2 Å². The number of carbonyl (C=O) groups is 2. The van der Waals surface area contributed by atoms with Gasteiger partial charge in [0.25, 0.3) is 5.91 Å². The van der Waals surface area contributed by atoms with Crippen molar-refractivity contribution in [2.75, 3.05) is 24.6 Å². The van der Waals surface area contributed by atoms with Crippen molar-refractivity contribution >= 4 is 17.5 Å². The molecule has 3 rings (SSSR count). The number of rotatable bonds is 2. The van der Waals surface area contributed by atoms with Crippen molar-refractivity contribution in [3.05, 3.63) is 29.8 Å². The van der Waals surface area contributed by atoms with E-state index >= 15 is 0 Å². The molecule has 1 aromatic carbocycles. The summed E-state index contributed by atoms with van der Waals surface area (Å²) in [6.07, 6.45) is 3.08. The number of carbonyl (C=O) groups excluding carboxylic acids is 2. The largest absolute Gasteiger partial charge is 0.387 e. The average Bonchev–Trinajstić information content (AvgIpc) is 2.95. The molecule has 0 radical (unpaired) electrons. The monoisotopic (exact) mass is 302 g/mol. The molecular weight excluding hydrogens is 280 g/mol. The number of aryl methyl sites for hydroxylation is 1. The molecule has 1 unspecified atom stereocenters. The van der Waals surface area contributed by atoms with E-state index in [1.54, 1.807) is 9.80 Å². The van der Waals surface area contributed by atoms with Gasteiger partial charge in [-0.25, -0.2) is 0 Å². The Kier molecular flexibility index (Phi) is 3.91. The summed E-state index contributed by atoms with van der Waals surface area (Å²) < 4.78 is 0. The fourth-order valence-electron chi connectivity index (χ4n) is 3.77. The van der Waals surface area contributed by atoms with Crippen LogP contribution >= 0.6 is 0 Å². The van der Waals surface area contributed by atoms with E-state index in [-0.39, 0.29) is 11.8 Å². The van der Waals surface area contributed by atoms with Crippen LogP contribution in [0.25, 0.3) is 0 Å². The van der Waals surface area contributed by atoms with Crippen LogP contribution in [0.3, 0.4) is 0 Å². The quantitative estimate of drug-likeness (QED) is 0.900. The van der Waals surface area contributed by atoms with E-state index < -0.39 is 12.1 Å². The molecule has 2 aliphatic rings. The van der Waals surface area contributed by atoms with Crippen LogP contribution in [-0.4, -0.2) is 47.1 Å². The van der Waals surface area contributed by atoms with Gasteiger partial charge in [0.05, 0.1) is 0 Å². The minimum atomic E-state index is -0.747. The summed E-state index contributed by atoms with van der Waals surface area (Å²) in [5.41, 5.74) is 1.29. The Hall–Kier alpha value is -1.88. The summed E-state index contributed by atoms with van der Waals surface area (Å²) in [4.78, 5) is 28.5. The molecule has 2 aliphatic heterocycles. The van der Waals surface area contributed by atoms with Crippen LogP contribution in [0.15, 0.2) is 24.3 Å². The molecule has 1 N–H and O–H groups in total. The van der Waals surface area contributed by atoms with Crippen LogP contribution < -0.4 is 4.90 Å². The van der Waals surface area contributed by atoms with Crippen molar-refractivity contribution in [3.63, 3.8) is 0 Å². The van der Waals surface area contributed by atoms with Crippen molar-refractivity contribution in [3.8, 4) is 0 Å². The number of aliphatic hydroxyl groups excluding tert-OH is 1. The fourth-order valence-corrected chi connectivity index (χ4v) is 3.77. The molecule has 0 saturated carbocycles. The minimum absolute atomic E-state index is 0.00176. The number of likely N-dealkylation sites (tertiary alicyclic amines) is 1. The van der Waals surface area contributed by atoms with E-state index in [4.69, 9.17) is 0 Å². The fraction of sp³-hybridized carbons (Fsp3) is 0.529. The summed E-state index contributed by atoms with van der Waals surface area (Å²) >= 11 is 0. The summed E-state index contributed by atoms with van der Waals surface area (Å²) in [7, 11) is 0. The van der Waals surface area contributed by atoms with Crippen molar-refractivity contribution in [1.82, 2.24) is 4.90 Å². The van der Waals surface area contributed by atoms with Crippen LogP contribution in [-0.2, 0) is 9.59 Å². The third-order valence-electron chi connectivity index (χ3n) is 4.89. The van der Waals surface area contributed by atoms with Gasteiger partial charge in [0.15, 0.2) is 0 Å². The molecule has 5 heteroatoms. The first-order valence-electron chi connectivity index (χ1n) is 7.88. The number of anilines is 1. The zero-order chi connectivity index (χ0) is 15.7. The van der Waals surface area contributed by atoms with Crippen LogP contribution in [0.2, 0.25) is 0 Å². The number of hydrogen-bond acceptors (Lipinski definition) is 3. The second-order valence-corrected chi connectivity index (χ2v) is 6.23. The first-order chi connectivity index (χ1) is 10.6. The van der Waals surface area contributed by atoms with Crippen molar-refractivity contribution in [1.29, 1.82) is 0 Å². The lowest BCUT2D eigenvalue weighted by molar-refractivity contribution is -0.147. The van der Waals surface area contributed by atoms with E-state index in [2.05, 4.69) is 0 Å². The third-order valence-corrected chi connectivity index (χ3v) is 4.89. The van der Waals surface area contributed by atoms with Gasteiger partial charge in [-0.2, -0.15) is 0 Å². The van der Waals surface area contributed by atoms with Crippen molar-refractivity contribution < 1.29 is 14.7 Å². The highest BCUT2D eigenvalue weighted by molar-refractivity contribution is 6.03. The molecule has 118 valence electrons. The normalized spacial score (nSPS) is 25.1. The average molecular weight is 302 g/mol. The van der Waals surface area contributed by atoms with Gasteiger partial charge in [0.2, 0.25) is 5.91 Å². The minimum Gasteiger partial charge on any atom is -0.387 e. The van der Waals surface area contributed by atoms with Crippen LogP contribution in [0.4, 0.5) is 5.69 Å². The lowest BCUT2D eigenvalue weighted by atomic mass is 9.85. The molecule has 0 aromatic heterocycles. The Labute approximate surface area is 130 Å². The van der Waals surface area contributed by atoms with Crippen molar-refractivity contribution in [2.24, 2.45) is 0 Å². The van der Waals surface area contributed by atoms with E-state index in [9.17, 15) is 14.7 Å². The van der Waals surface area contributed by atoms with E-state index in [1.165, 1.54) is 0 Å². The molecule has 22 heavy (non-hydrogen) atoms. The molecule has 0 bridgehead atoms. The van der Waals surface area contributed by atoms with Gasteiger partial charge in [0, 0.05) is 18.8 Å². The Balaban J connectivity index is 1.92.